The molecule has 4 rings (SSSR count). The molecule has 0 aliphatic carbocycles. The number of benzene rings is 1. The number of hydrogen-bond acceptors (Lipinski definition) is 5. The molecule has 3 aromatic heterocycles. The summed E-state index contributed by atoms with van der Waals surface area (Å²) in [7, 11) is 6.01. The normalized spacial score (nSPS) is 12.5. The number of fused-ring (bicyclic) bond motifs is 2. The second-order valence-electron chi connectivity index (χ2n) is 5.52. The zero-order chi connectivity index (χ0) is 16.7. The maximum Gasteiger partial charge on any atom is 0.245 e. The highest BCUT2D eigenvalue weighted by atomic mass is 16.1. The zero-order valence-corrected chi connectivity index (χ0v) is 12.9. The number of nitrogens with zero attached hydrogens (tertiary/aromatic N) is 4. The van der Waals surface area contributed by atoms with Crippen molar-refractivity contribution >= 4 is 35.7 Å². The molecule has 0 amide bonds. The minimum absolute atomic E-state index is 0.230. The van der Waals surface area contributed by atoms with E-state index in [0.717, 1.165) is 5.39 Å². The maximum atomic E-state index is 12.4. The second-order valence-corrected chi connectivity index (χ2v) is 5.52. The van der Waals surface area contributed by atoms with Gasteiger partial charge in [0.15, 0.2) is 11.5 Å². The highest BCUT2D eigenvalue weighted by molar-refractivity contribution is 6.08. The van der Waals surface area contributed by atoms with Gasteiger partial charge in [-0.2, -0.15) is 0 Å². The topological polar surface area (TPSA) is 88.5 Å². The van der Waals surface area contributed by atoms with Gasteiger partial charge in [-0.1, -0.05) is 18.2 Å². The molecule has 0 fully saturated rings. The lowest BCUT2D eigenvalue weighted by atomic mass is 10.1. The summed E-state index contributed by atoms with van der Waals surface area (Å²) in [4.78, 5) is 27.9. The average Bonchev–Trinajstić information content (AvgIpc) is 3.08. The molecule has 0 spiro atoms. The standard InChI is InChI=1S/C16H13BN6O/c1-9(22-15-13-14(19-7-18-13)20-8-21-15)12-6-10-4-2-3-5-11(10)16(24)23(12)17/h2-9H,1H3,(H2,18,19,20,21,22). The third kappa shape index (κ3) is 2.23. The van der Waals surface area contributed by atoms with Crippen LogP contribution in [0.2, 0.25) is 0 Å². The van der Waals surface area contributed by atoms with Gasteiger partial charge in [0, 0.05) is 11.1 Å². The van der Waals surface area contributed by atoms with E-state index >= 15 is 0 Å². The van der Waals surface area contributed by atoms with E-state index in [2.05, 4.69) is 25.3 Å². The van der Waals surface area contributed by atoms with Crippen LogP contribution in [0.4, 0.5) is 5.82 Å². The number of hydrogen-bond donors (Lipinski definition) is 2. The molecule has 8 heteroatoms. The van der Waals surface area contributed by atoms with Gasteiger partial charge in [0.25, 0.3) is 0 Å². The van der Waals surface area contributed by atoms with Gasteiger partial charge in [-0.3, -0.25) is 4.79 Å². The van der Waals surface area contributed by atoms with Crippen LogP contribution in [-0.4, -0.2) is 32.4 Å². The Kier molecular flexibility index (Phi) is 3.30. The first-order valence-corrected chi connectivity index (χ1v) is 7.45. The number of imidazole rings is 1. The minimum Gasteiger partial charge on any atom is -0.367 e. The fraction of sp³-hybridized carbons (Fsp3) is 0.125. The Morgan fingerprint density at radius 1 is 1.25 bits per heavy atom. The van der Waals surface area contributed by atoms with E-state index in [1.165, 1.54) is 10.8 Å². The van der Waals surface area contributed by atoms with E-state index < -0.39 is 0 Å². The summed E-state index contributed by atoms with van der Waals surface area (Å²) in [6, 6.07) is 9.03. The van der Waals surface area contributed by atoms with Gasteiger partial charge in [-0.15, -0.1) is 0 Å². The average molecular weight is 316 g/mol. The molecular weight excluding hydrogens is 303 g/mol. The molecule has 0 bridgehead atoms. The number of pyridine rings is 1. The Hall–Kier alpha value is -3.16. The predicted octanol–water partition coefficient (Wildman–Crippen LogP) is 1.77. The third-order valence-corrected chi connectivity index (χ3v) is 4.01. The van der Waals surface area contributed by atoms with Crippen LogP contribution in [-0.2, 0) is 0 Å². The second kappa shape index (κ2) is 5.49. The first-order chi connectivity index (χ1) is 11.6. The first kappa shape index (κ1) is 14.4. The van der Waals surface area contributed by atoms with Crippen molar-refractivity contribution in [2.45, 2.75) is 13.0 Å². The van der Waals surface area contributed by atoms with E-state index in [-0.39, 0.29) is 11.6 Å². The highest BCUT2D eigenvalue weighted by Gasteiger charge is 2.14. The Labute approximate surface area is 138 Å². The van der Waals surface area contributed by atoms with Gasteiger partial charge >= 0.3 is 0 Å². The molecule has 116 valence electrons. The summed E-state index contributed by atoms with van der Waals surface area (Å²) in [5, 5.41) is 4.70. The van der Waals surface area contributed by atoms with Gasteiger partial charge in [0.05, 0.1) is 12.4 Å². The number of aromatic amines is 1. The summed E-state index contributed by atoms with van der Waals surface area (Å²) in [5.41, 5.74) is 1.70. The highest BCUT2D eigenvalue weighted by Crippen LogP contribution is 2.22. The lowest BCUT2D eigenvalue weighted by Gasteiger charge is -2.19. The molecule has 1 atom stereocenters. The summed E-state index contributed by atoms with van der Waals surface area (Å²) in [6.07, 6.45) is 3.00. The smallest absolute Gasteiger partial charge is 0.245 e. The third-order valence-electron chi connectivity index (χ3n) is 4.01. The molecule has 24 heavy (non-hydrogen) atoms. The van der Waals surface area contributed by atoms with Crippen molar-refractivity contribution in [3.63, 3.8) is 0 Å². The van der Waals surface area contributed by atoms with Crippen molar-refractivity contribution in [1.82, 2.24) is 24.4 Å². The Balaban J connectivity index is 1.78. The minimum atomic E-state index is -0.242. The molecule has 0 saturated carbocycles. The maximum absolute atomic E-state index is 12.4. The molecule has 0 aliphatic rings. The van der Waals surface area contributed by atoms with Gasteiger partial charge in [0.1, 0.15) is 11.8 Å². The predicted molar refractivity (Wildman–Crippen MR) is 93.1 cm³/mol. The van der Waals surface area contributed by atoms with Gasteiger partial charge in [0.2, 0.25) is 13.5 Å². The van der Waals surface area contributed by atoms with E-state index in [1.54, 1.807) is 12.4 Å². The fourth-order valence-corrected chi connectivity index (χ4v) is 2.78. The molecule has 1 aromatic carbocycles. The summed E-state index contributed by atoms with van der Waals surface area (Å²) >= 11 is 0. The molecular formula is C16H13BN6O. The van der Waals surface area contributed by atoms with Crippen molar-refractivity contribution in [1.29, 1.82) is 0 Å². The van der Waals surface area contributed by atoms with E-state index in [0.29, 0.717) is 28.1 Å². The van der Waals surface area contributed by atoms with Crippen LogP contribution in [0.5, 0.6) is 0 Å². The number of anilines is 1. The van der Waals surface area contributed by atoms with Crippen molar-refractivity contribution in [2.75, 3.05) is 5.32 Å². The SMILES string of the molecule is [B]n1c(C(C)Nc2ncnc3nc[nH]c23)cc2ccccc2c1=O. The van der Waals surface area contributed by atoms with Crippen molar-refractivity contribution in [2.24, 2.45) is 0 Å². The molecule has 0 saturated heterocycles. The summed E-state index contributed by atoms with van der Waals surface area (Å²) in [5.74, 6) is 0.602. The molecule has 1 unspecified atom stereocenters. The summed E-state index contributed by atoms with van der Waals surface area (Å²) in [6.45, 7) is 1.91. The Morgan fingerprint density at radius 2 is 2.08 bits per heavy atom. The Bertz CT molecular complexity index is 1100. The number of aromatic nitrogens is 5. The van der Waals surface area contributed by atoms with E-state index in [1.807, 2.05) is 31.2 Å². The molecule has 3 heterocycles. The van der Waals surface area contributed by atoms with Crippen LogP contribution < -0.4 is 10.9 Å². The molecule has 4 aromatic rings. The lowest BCUT2D eigenvalue weighted by molar-refractivity contribution is 0.807. The first-order valence-electron chi connectivity index (χ1n) is 7.45. The van der Waals surface area contributed by atoms with Crippen LogP contribution in [0.3, 0.4) is 0 Å². The van der Waals surface area contributed by atoms with Crippen LogP contribution in [0.1, 0.15) is 18.7 Å². The van der Waals surface area contributed by atoms with Gasteiger partial charge in [-0.25, -0.2) is 15.0 Å². The van der Waals surface area contributed by atoms with Crippen molar-refractivity contribution in [3.8, 4) is 0 Å². The monoisotopic (exact) mass is 316 g/mol. The summed E-state index contributed by atoms with van der Waals surface area (Å²) < 4.78 is 1.17. The van der Waals surface area contributed by atoms with E-state index in [4.69, 9.17) is 7.98 Å². The zero-order valence-electron chi connectivity index (χ0n) is 12.9. The quantitative estimate of drug-likeness (QED) is 0.562. The molecule has 2 radical (unpaired) electrons. The van der Waals surface area contributed by atoms with Gasteiger partial charge in [-0.05, 0) is 24.4 Å². The number of nitrogens with one attached hydrogen (secondary N) is 2. The van der Waals surface area contributed by atoms with E-state index in [9.17, 15) is 4.79 Å². The van der Waals surface area contributed by atoms with Gasteiger partial charge < -0.3 is 14.8 Å². The van der Waals surface area contributed by atoms with Crippen molar-refractivity contribution < 1.29 is 0 Å². The largest absolute Gasteiger partial charge is 0.367 e. The lowest BCUT2D eigenvalue weighted by Crippen LogP contribution is -2.25. The van der Waals surface area contributed by atoms with Crippen LogP contribution in [0, 0.1) is 0 Å². The van der Waals surface area contributed by atoms with Crippen LogP contribution in [0.15, 0.2) is 47.8 Å². The van der Waals surface area contributed by atoms with Crippen molar-refractivity contribution in [3.05, 3.63) is 59.0 Å². The molecule has 2 N–H and O–H groups in total. The molecule has 0 aliphatic heterocycles. The fourth-order valence-electron chi connectivity index (χ4n) is 2.78. The van der Waals surface area contributed by atoms with Crippen LogP contribution >= 0.6 is 0 Å². The Morgan fingerprint density at radius 3 is 2.96 bits per heavy atom. The molecule has 7 nitrogen and oxygen atoms in total. The van der Waals surface area contributed by atoms with Crippen LogP contribution in [0.25, 0.3) is 21.9 Å². The number of H-pyrrole nitrogens is 1. The number of rotatable bonds is 3.